The molecule has 4 nitrogen and oxygen atoms in total. The molecule has 1 aliphatic rings. The van der Waals surface area contributed by atoms with Gasteiger partial charge in [-0.2, -0.15) is 0 Å². The van der Waals surface area contributed by atoms with Gasteiger partial charge in [-0.05, 0) is 54.2 Å². The van der Waals surface area contributed by atoms with E-state index in [4.69, 9.17) is 0 Å². The van der Waals surface area contributed by atoms with Crippen molar-refractivity contribution >= 4 is 27.7 Å². The van der Waals surface area contributed by atoms with Crippen LogP contribution in [0.5, 0.6) is 0 Å². The van der Waals surface area contributed by atoms with Crippen molar-refractivity contribution in [2.24, 2.45) is 0 Å². The van der Waals surface area contributed by atoms with Crippen LogP contribution < -0.4 is 5.32 Å². The van der Waals surface area contributed by atoms with Crippen LogP contribution in [0.25, 0.3) is 0 Å². The van der Waals surface area contributed by atoms with Gasteiger partial charge in [-0.3, -0.25) is 9.59 Å². The van der Waals surface area contributed by atoms with Gasteiger partial charge >= 0.3 is 0 Å². The highest BCUT2D eigenvalue weighted by Gasteiger charge is 2.32. The molecule has 3 aromatic rings. The van der Waals surface area contributed by atoms with Gasteiger partial charge in [0.05, 0.1) is 6.42 Å². The molecule has 5 heteroatoms. The van der Waals surface area contributed by atoms with Gasteiger partial charge in [0.1, 0.15) is 6.04 Å². The van der Waals surface area contributed by atoms with E-state index in [2.05, 4.69) is 21.2 Å². The first kappa shape index (κ1) is 26.2. The van der Waals surface area contributed by atoms with E-state index in [0.717, 1.165) is 52.4 Å². The Hall–Kier alpha value is -2.92. The van der Waals surface area contributed by atoms with Crippen LogP contribution in [0, 0.1) is 6.92 Å². The second kappa shape index (κ2) is 12.9. The van der Waals surface area contributed by atoms with Crippen LogP contribution in [0.2, 0.25) is 0 Å². The summed E-state index contributed by atoms with van der Waals surface area (Å²) in [6.07, 6.45) is 6.27. The molecule has 1 fully saturated rings. The maximum atomic E-state index is 13.9. The monoisotopic (exact) mass is 546 g/mol. The molecule has 1 atom stereocenters. The first-order chi connectivity index (χ1) is 17.5. The summed E-state index contributed by atoms with van der Waals surface area (Å²) in [7, 11) is 0. The van der Waals surface area contributed by atoms with Gasteiger partial charge in [-0.15, -0.1) is 0 Å². The molecule has 3 aromatic carbocycles. The van der Waals surface area contributed by atoms with E-state index < -0.39 is 6.04 Å². The molecule has 4 rings (SSSR count). The Balaban J connectivity index is 1.66. The van der Waals surface area contributed by atoms with Crippen molar-refractivity contribution in [3.63, 3.8) is 0 Å². The number of benzene rings is 3. The molecule has 0 aliphatic heterocycles. The third kappa shape index (κ3) is 7.30. The van der Waals surface area contributed by atoms with Crippen molar-refractivity contribution in [3.05, 3.63) is 106 Å². The third-order valence-corrected chi connectivity index (χ3v) is 7.56. The van der Waals surface area contributed by atoms with Gasteiger partial charge in [0.15, 0.2) is 0 Å². The van der Waals surface area contributed by atoms with Gasteiger partial charge < -0.3 is 10.2 Å². The molecular weight excluding hydrogens is 512 g/mol. The number of aryl methyl sites for hydroxylation is 1. The van der Waals surface area contributed by atoms with E-state index in [1.807, 2.05) is 85.8 Å². The van der Waals surface area contributed by atoms with Crippen LogP contribution in [0.15, 0.2) is 83.3 Å². The summed E-state index contributed by atoms with van der Waals surface area (Å²) < 4.78 is 0.956. The van der Waals surface area contributed by atoms with Crippen molar-refractivity contribution in [1.29, 1.82) is 0 Å². The number of nitrogens with zero attached hydrogens (tertiary/aromatic N) is 1. The van der Waals surface area contributed by atoms with Crippen LogP contribution in [-0.2, 0) is 29.0 Å². The molecule has 36 heavy (non-hydrogen) atoms. The molecule has 0 spiro atoms. The Morgan fingerprint density at radius 1 is 0.917 bits per heavy atom. The van der Waals surface area contributed by atoms with Crippen LogP contribution in [0.3, 0.4) is 0 Å². The lowest BCUT2D eigenvalue weighted by Gasteiger charge is -2.33. The third-order valence-electron chi connectivity index (χ3n) is 7.07. The number of hydrogen-bond donors (Lipinski definition) is 1. The molecule has 2 amide bonds. The predicted molar refractivity (Wildman–Crippen MR) is 149 cm³/mol. The molecule has 1 aliphatic carbocycles. The zero-order valence-electron chi connectivity index (χ0n) is 21.0. The minimum Gasteiger partial charge on any atom is -0.352 e. The molecule has 0 aromatic heterocycles. The number of nitrogens with one attached hydrogen (secondary N) is 1. The van der Waals surface area contributed by atoms with E-state index in [1.54, 1.807) is 4.90 Å². The SMILES string of the molecule is Cc1ccccc1CC(=O)N(Cc1cccc(Br)c1)[C@@H](Cc1ccccc1)C(=O)NC1CCCCC1. The Labute approximate surface area is 223 Å². The van der Waals surface area contributed by atoms with Crippen molar-refractivity contribution in [2.75, 3.05) is 0 Å². The summed E-state index contributed by atoms with van der Waals surface area (Å²) in [4.78, 5) is 29.5. The van der Waals surface area contributed by atoms with E-state index in [1.165, 1.54) is 6.42 Å². The molecule has 0 heterocycles. The van der Waals surface area contributed by atoms with E-state index in [0.29, 0.717) is 13.0 Å². The zero-order chi connectivity index (χ0) is 25.3. The minimum absolute atomic E-state index is 0.0380. The standard InChI is InChI=1S/C31H35BrN2O2/c1-23-11-8-9-15-26(23)21-30(35)34(22-25-14-10-16-27(32)19-25)29(20-24-12-4-2-5-13-24)31(36)33-28-17-6-3-7-18-28/h2,4-5,8-16,19,28-29H,3,6-7,17-18,20-22H2,1H3,(H,33,36)/t29-/m0/s1. The summed E-state index contributed by atoms with van der Waals surface area (Å²) in [5.74, 6) is -0.0946. The molecule has 0 radical (unpaired) electrons. The Morgan fingerprint density at radius 3 is 2.33 bits per heavy atom. The van der Waals surface area contributed by atoms with Crippen LogP contribution in [0.4, 0.5) is 0 Å². The lowest BCUT2D eigenvalue weighted by atomic mass is 9.94. The second-order valence-electron chi connectivity index (χ2n) is 9.80. The average Bonchev–Trinajstić information content (AvgIpc) is 2.88. The van der Waals surface area contributed by atoms with Crippen molar-refractivity contribution in [3.8, 4) is 0 Å². The smallest absolute Gasteiger partial charge is 0.243 e. The summed E-state index contributed by atoms with van der Waals surface area (Å²) in [5, 5.41) is 3.30. The normalized spacial score (nSPS) is 14.7. The molecule has 0 bridgehead atoms. The predicted octanol–water partition coefficient (Wildman–Crippen LogP) is 6.39. The highest BCUT2D eigenvalue weighted by Crippen LogP contribution is 2.22. The van der Waals surface area contributed by atoms with Crippen LogP contribution >= 0.6 is 15.9 Å². The Bertz CT molecular complexity index is 1160. The number of carbonyl (C=O) groups excluding carboxylic acids is 2. The summed E-state index contributed by atoms with van der Waals surface area (Å²) >= 11 is 3.56. The molecule has 0 saturated heterocycles. The van der Waals surface area contributed by atoms with Gasteiger partial charge in [0.2, 0.25) is 11.8 Å². The van der Waals surface area contributed by atoms with Gasteiger partial charge in [-0.1, -0.05) is 102 Å². The largest absolute Gasteiger partial charge is 0.352 e. The quantitative estimate of drug-likeness (QED) is 0.338. The number of carbonyl (C=O) groups is 2. The highest BCUT2D eigenvalue weighted by atomic mass is 79.9. The maximum absolute atomic E-state index is 13.9. The maximum Gasteiger partial charge on any atom is 0.243 e. The summed E-state index contributed by atoms with van der Waals surface area (Å²) in [5.41, 5.74) is 4.11. The Morgan fingerprint density at radius 2 is 1.61 bits per heavy atom. The molecule has 1 saturated carbocycles. The van der Waals surface area contributed by atoms with Crippen LogP contribution in [0.1, 0.15) is 54.4 Å². The number of hydrogen-bond acceptors (Lipinski definition) is 2. The van der Waals surface area contributed by atoms with E-state index >= 15 is 0 Å². The van der Waals surface area contributed by atoms with E-state index in [9.17, 15) is 9.59 Å². The zero-order valence-corrected chi connectivity index (χ0v) is 22.5. The topological polar surface area (TPSA) is 49.4 Å². The molecule has 188 valence electrons. The first-order valence-corrected chi connectivity index (χ1v) is 13.7. The van der Waals surface area contributed by atoms with Gasteiger partial charge in [0.25, 0.3) is 0 Å². The minimum atomic E-state index is -0.593. The van der Waals surface area contributed by atoms with E-state index in [-0.39, 0.29) is 24.3 Å². The first-order valence-electron chi connectivity index (χ1n) is 12.9. The van der Waals surface area contributed by atoms with Gasteiger partial charge in [0, 0.05) is 23.5 Å². The van der Waals surface area contributed by atoms with Crippen molar-refractivity contribution < 1.29 is 9.59 Å². The van der Waals surface area contributed by atoms with Gasteiger partial charge in [-0.25, -0.2) is 0 Å². The second-order valence-corrected chi connectivity index (χ2v) is 10.7. The highest BCUT2D eigenvalue weighted by molar-refractivity contribution is 9.10. The Kier molecular flexibility index (Phi) is 9.35. The summed E-state index contributed by atoms with van der Waals surface area (Å²) in [6, 6.07) is 25.5. The number of rotatable bonds is 9. The van der Waals surface area contributed by atoms with Crippen molar-refractivity contribution in [2.45, 2.75) is 70.5 Å². The molecular formula is C31H35BrN2O2. The molecule has 1 N–H and O–H groups in total. The van der Waals surface area contributed by atoms with Crippen LogP contribution in [-0.4, -0.2) is 28.8 Å². The summed E-state index contributed by atoms with van der Waals surface area (Å²) in [6.45, 7) is 2.40. The fourth-order valence-electron chi connectivity index (χ4n) is 5.00. The van der Waals surface area contributed by atoms with Crippen molar-refractivity contribution in [1.82, 2.24) is 10.2 Å². The average molecular weight is 548 g/mol. The molecule has 0 unspecified atom stereocenters. The number of amides is 2. The number of halogens is 1. The lowest BCUT2D eigenvalue weighted by Crippen LogP contribution is -2.53. The lowest BCUT2D eigenvalue weighted by molar-refractivity contribution is -0.141. The fourth-order valence-corrected chi connectivity index (χ4v) is 5.45. The fraction of sp³-hybridized carbons (Fsp3) is 0.355.